The van der Waals surface area contributed by atoms with E-state index in [1.165, 1.54) is 17.0 Å². The number of hydrogen-bond acceptors (Lipinski definition) is 2. The number of carboxylic acid groups (broad SMARTS) is 1. The molecular formula is C13H13BrFNO3. The van der Waals surface area contributed by atoms with E-state index in [1.54, 1.807) is 6.07 Å². The molecule has 6 heteroatoms. The lowest BCUT2D eigenvalue weighted by atomic mass is 9.97. The topological polar surface area (TPSA) is 57.6 Å². The molecule has 102 valence electrons. The highest BCUT2D eigenvalue weighted by molar-refractivity contribution is 9.10. The van der Waals surface area contributed by atoms with E-state index in [4.69, 9.17) is 5.11 Å². The van der Waals surface area contributed by atoms with Crippen LogP contribution in [0.15, 0.2) is 22.7 Å². The van der Waals surface area contributed by atoms with Crippen molar-refractivity contribution < 1.29 is 19.1 Å². The highest BCUT2D eigenvalue weighted by Gasteiger charge is 2.30. The number of aliphatic carboxylic acids is 1. The predicted octanol–water partition coefficient (Wildman–Crippen LogP) is 2.53. The van der Waals surface area contributed by atoms with Crippen LogP contribution in [-0.4, -0.2) is 35.0 Å². The molecule has 0 radical (unpaired) electrons. The second-order valence-corrected chi connectivity index (χ2v) is 5.38. The van der Waals surface area contributed by atoms with E-state index < -0.39 is 23.6 Å². The van der Waals surface area contributed by atoms with E-state index in [2.05, 4.69) is 15.9 Å². The molecule has 0 aliphatic carbocycles. The first-order valence-corrected chi connectivity index (χ1v) is 6.76. The van der Waals surface area contributed by atoms with Crippen LogP contribution >= 0.6 is 15.9 Å². The highest BCUT2D eigenvalue weighted by Crippen LogP contribution is 2.24. The standard InChI is InChI=1S/C13H13BrFNO3/c14-9-4-1-5-10(15)11(9)12(17)16-6-2-3-8(7-16)13(18)19/h1,4-5,8H,2-3,6-7H2,(H,18,19). The van der Waals surface area contributed by atoms with E-state index >= 15 is 0 Å². The number of amides is 1. The molecular weight excluding hydrogens is 317 g/mol. The molecule has 4 nitrogen and oxygen atoms in total. The van der Waals surface area contributed by atoms with Gasteiger partial charge >= 0.3 is 5.97 Å². The van der Waals surface area contributed by atoms with Crippen molar-refractivity contribution in [2.75, 3.05) is 13.1 Å². The number of benzene rings is 1. The maximum atomic E-state index is 13.7. The highest BCUT2D eigenvalue weighted by atomic mass is 79.9. The van der Waals surface area contributed by atoms with Gasteiger partial charge in [-0.2, -0.15) is 0 Å². The third-order valence-electron chi connectivity index (χ3n) is 3.23. The Balaban J connectivity index is 2.22. The number of piperidine rings is 1. The van der Waals surface area contributed by atoms with Crippen molar-refractivity contribution >= 4 is 27.8 Å². The Kier molecular flexibility index (Phi) is 4.19. The molecule has 19 heavy (non-hydrogen) atoms. The quantitative estimate of drug-likeness (QED) is 0.907. The van der Waals surface area contributed by atoms with Crippen LogP contribution in [0.1, 0.15) is 23.2 Å². The molecule has 2 rings (SSSR count). The fourth-order valence-corrected chi connectivity index (χ4v) is 2.74. The molecule has 1 fully saturated rings. The number of carbonyl (C=O) groups is 2. The van der Waals surface area contributed by atoms with Gasteiger partial charge in [0.25, 0.3) is 5.91 Å². The summed E-state index contributed by atoms with van der Waals surface area (Å²) in [6, 6.07) is 4.32. The Hall–Kier alpha value is -1.43. The first-order valence-electron chi connectivity index (χ1n) is 5.97. The normalized spacial score (nSPS) is 19.3. The molecule has 1 aromatic rings. The van der Waals surface area contributed by atoms with Crippen molar-refractivity contribution in [2.45, 2.75) is 12.8 Å². The van der Waals surface area contributed by atoms with Crippen LogP contribution in [0.3, 0.4) is 0 Å². The van der Waals surface area contributed by atoms with Gasteiger partial charge in [0.05, 0.1) is 11.5 Å². The Morgan fingerprint density at radius 1 is 1.42 bits per heavy atom. The Labute approximate surface area is 118 Å². The molecule has 1 aliphatic rings. The number of likely N-dealkylation sites (tertiary alicyclic amines) is 1. The second-order valence-electron chi connectivity index (χ2n) is 4.53. The lowest BCUT2D eigenvalue weighted by Gasteiger charge is -2.31. The summed E-state index contributed by atoms with van der Waals surface area (Å²) in [6.07, 6.45) is 1.17. The summed E-state index contributed by atoms with van der Waals surface area (Å²) >= 11 is 3.15. The summed E-state index contributed by atoms with van der Waals surface area (Å²) < 4.78 is 14.1. The number of carboxylic acids is 1. The van der Waals surface area contributed by atoms with Crippen LogP contribution in [0.25, 0.3) is 0 Å². The second kappa shape index (κ2) is 5.69. The van der Waals surface area contributed by atoms with Gasteiger partial charge in [0.15, 0.2) is 0 Å². The molecule has 0 bridgehead atoms. The Morgan fingerprint density at radius 2 is 2.16 bits per heavy atom. The van der Waals surface area contributed by atoms with Gasteiger partial charge < -0.3 is 10.0 Å². The van der Waals surface area contributed by atoms with Crippen LogP contribution in [0.2, 0.25) is 0 Å². The average molecular weight is 330 g/mol. The molecule has 1 heterocycles. The van der Waals surface area contributed by atoms with Gasteiger partial charge in [0.1, 0.15) is 5.82 Å². The van der Waals surface area contributed by atoms with Crippen LogP contribution in [0.4, 0.5) is 4.39 Å². The summed E-state index contributed by atoms with van der Waals surface area (Å²) in [5.74, 6) is -2.54. The summed E-state index contributed by atoms with van der Waals surface area (Å²) in [4.78, 5) is 24.7. The zero-order valence-electron chi connectivity index (χ0n) is 10.1. The lowest BCUT2D eigenvalue weighted by Crippen LogP contribution is -2.42. The SMILES string of the molecule is O=C(O)C1CCCN(C(=O)c2c(F)cccc2Br)C1. The number of nitrogens with zero attached hydrogens (tertiary/aromatic N) is 1. The maximum absolute atomic E-state index is 13.7. The fourth-order valence-electron chi connectivity index (χ4n) is 2.22. The largest absolute Gasteiger partial charge is 0.481 e. The van der Waals surface area contributed by atoms with E-state index in [9.17, 15) is 14.0 Å². The van der Waals surface area contributed by atoms with Crippen molar-refractivity contribution in [3.8, 4) is 0 Å². The van der Waals surface area contributed by atoms with Gasteiger partial charge in [-0.15, -0.1) is 0 Å². The zero-order chi connectivity index (χ0) is 14.0. The van der Waals surface area contributed by atoms with Gasteiger partial charge in [-0.05, 0) is 40.9 Å². The van der Waals surface area contributed by atoms with Crippen LogP contribution in [0.5, 0.6) is 0 Å². The first-order chi connectivity index (χ1) is 9.00. The number of rotatable bonds is 2. The molecule has 1 aromatic carbocycles. The number of hydrogen-bond donors (Lipinski definition) is 1. The summed E-state index contributed by atoms with van der Waals surface area (Å²) in [5.41, 5.74) is -0.0338. The Bertz CT molecular complexity index is 500. The molecule has 1 amide bonds. The predicted molar refractivity (Wildman–Crippen MR) is 70.4 cm³/mol. The van der Waals surface area contributed by atoms with Crippen LogP contribution in [-0.2, 0) is 4.79 Å². The lowest BCUT2D eigenvalue weighted by molar-refractivity contribution is -0.143. The van der Waals surface area contributed by atoms with Gasteiger partial charge in [0, 0.05) is 17.6 Å². The van der Waals surface area contributed by atoms with Crippen molar-refractivity contribution in [3.05, 3.63) is 34.1 Å². The molecule has 0 saturated carbocycles. The monoisotopic (exact) mass is 329 g/mol. The molecule has 0 spiro atoms. The minimum atomic E-state index is -0.912. The molecule has 0 aromatic heterocycles. The third kappa shape index (κ3) is 2.94. The van der Waals surface area contributed by atoms with Crippen molar-refractivity contribution in [3.63, 3.8) is 0 Å². The minimum Gasteiger partial charge on any atom is -0.481 e. The van der Waals surface area contributed by atoms with Gasteiger partial charge in [-0.25, -0.2) is 4.39 Å². The fraction of sp³-hybridized carbons (Fsp3) is 0.385. The van der Waals surface area contributed by atoms with Crippen molar-refractivity contribution in [1.29, 1.82) is 0 Å². The molecule has 1 N–H and O–H groups in total. The minimum absolute atomic E-state index is 0.0338. The van der Waals surface area contributed by atoms with E-state index in [0.717, 1.165) is 0 Å². The van der Waals surface area contributed by atoms with Crippen molar-refractivity contribution in [2.24, 2.45) is 5.92 Å². The number of halogens is 2. The molecule has 1 unspecified atom stereocenters. The summed E-state index contributed by atoms with van der Waals surface area (Å²) in [7, 11) is 0. The molecule has 1 saturated heterocycles. The maximum Gasteiger partial charge on any atom is 0.308 e. The van der Waals surface area contributed by atoms with E-state index in [0.29, 0.717) is 23.9 Å². The van der Waals surface area contributed by atoms with Gasteiger partial charge in [-0.1, -0.05) is 6.07 Å². The first kappa shape index (κ1) is 14.0. The smallest absolute Gasteiger partial charge is 0.308 e. The van der Waals surface area contributed by atoms with Gasteiger partial charge in [-0.3, -0.25) is 9.59 Å². The van der Waals surface area contributed by atoms with E-state index in [1.807, 2.05) is 0 Å². The Morgan fingerprint density at radius 3 is 2.79 bits per heavy atom. The summed E-state index contributed by atoms with van der Waals surface area (Å²) in [6.45, 7) is 0.596. The molecule has 1 atom stereocenters. The van der Waals surface area contributed by atoms with Gasteiger partial charge in [0.2, 0.25) is 0 Å². The average Bonchev–Trinajstić information content (AvgIpc) is 2.38. The van der Waals surface area contributed by atoms with E-state index in [-0.39, 0.29) is 12.1 Å². The third-order valence-corrected chi connectivity index (χ3v) is 3.90. The molecule has 1 aliphatic heterocycles. The zero-order valence-corrected chi connectivity index (χ0v) is 11.7. The van der Waals surface area contributed by atoms with Crippen LogP contribution in [0, 0.1) is 11.7 Å². The van der Waals surface area contributed by atoms with Crippen LogP contribution < -0.4 is 0 Å². The summed E-state index contributed by atoms with van der Waals surface area (Å²) in [5, 5.41) is 9.00. The number of carbonyl (C=O) groups excluding carboxylic acids is 1. The van der Waals surface area contributed by atoms with Crippen molar-refractivity contribution in [1.82, 2.24) is 4.90 Å².